The highest BCUT2D eigenvalue weighted by Gasteiger charge is 2.33. The average molecular weight is 583 g/mol. The second kappa shape index (κ2) is 11.5. The van der Waals surface area contributed by atoms with Crippen LogP contribution in [0, 0.1) is 0 Å². The number of piperidine rings is 1. The summed E-state index contributed by atoms with van der Waals surface area (Å²) in [5, 5.41) is 16.6. The smallest absolute Gasteiger partial charge is 0.337 e. The van der Waals surface area contributed by atoms with Crippen LogP contribution in [0.3, 0.4) is 0 Å². The number of carbonyl (C=O) groups is 1. The van der Waals surface area contributed by atoms with Crippen molar-refractivity contribution in [3.8, 4) is 0 Å². The molecule has 13 heteroatoms. The van der Waals surface area contributed by atoms with Gasteiger partial charge in [0.25, 0.3) is 0 Å². The van der Waals surface area contributed by atoms with Crippen molar-refractivity contribution in [2.75, 3.05) is 23.7 Å². The van der Waals surface area contributed by atoms with Crippen molar-refractivity contribution in [2.24, 2.45) is 5.73 Å². The van der Waals surface area contributed by atoms with Crippen molar-refractivity contribution in [1.29, 1.82) is 0 Å². The number of benzene rings is 1. The number of imidazole rings is 1. The van der Waals surface area contributed by atoms with E-state index in [4.69, 9.17) is 20.7 Å². The molecule has 0 atom stereocenters. The first-order valence-corrected chi connectivity index (χ1v) is 16.1. The van der Waals surface area contributed by atoms with E-state index in [1.807, 2.05) is 6.33 Å². The Labute approximate surface area is 239 Å². The fourth-order valence-corrected chi connectivity index (χ4v) is 8.07. The largest absolute Gasteiger partial charge is 0.478 e. The third kappa shape index (κ3) is 5.75. The molecule has 3 aromatic rings. The summed E-state index contributed by atoms with van der Waals surface area (Å²) in [6, 6.07) is 6.64. The van der Waals surface area contributed by atoms with E-state index < -0.39 is 16.0 Å². The second-order valence-corrected chi connectivity index (χ2v) is 13.4. The van der Waals surface area contributed by atoms with E-state index in [-0.39, 0.29) is 41.7 Å². The van der Waals surface area contributed by atoms with Crippen molar-refractivity contribution in [2.45, 2.75) is 93.3 Å². The molecule has 1 aromatic carbocycles. The number of carboxylic acid groups (broad SMARTS) is 1. The minimum atomic E-state index is -3.94. The molecule has 5 N–H and O–H groups in total. The molecule has 0 spiro atoms. The lowest BCUT2D eigenvalue weighted by Gasteiger charge is -2.32. The molecule has 2 aliphatic carbocycles. The van der Waals surface area contributed by atoms with E-state index in [1.54, 1.807) is 6.07 Å². The molecule has 41 heavy (non-hydrogen) atoms. The van der Waals surface area contributed by atoms with Crippen LogP contribution in [0.1, 0.15) is 80.6 Å². The number of sulfonamides is 1. The van der Waals surface area contributed by atoms with E-state index >= 15 is 0 Å². The summed E-state index contributed by atoms with van der Waals surface area (Å²) in [6.45, 7) is 0.540. The Hall–Kier alpha value is -3.29. The SMILES string of the molecule is NC1CCC(Nc2nc(NC3CCN(S(=O)(=O)c4ccccc4C(=O)O)CC3)c3ncn(C4CCCC4)c3n2)CC1. The standard InChI is InChI=1S/C28H38N8O4S/c29-18-9-11-19(12-10-18)32-28-33-25(24-26(34-28)36(17-30-24)21-5-1-2-6-21)31-20-13-15-35(16-14-20)41(39,40)23-8-4-3-7-22(23)27(37)38/h3-4,7-8,17-21H,1-2,5-6,9-16,29H2,(H,37,38)(H2,31,32,33,34). The Morgan fingerprint density at radius 2 is 1.61 bits per heavy atom. The Morgan fingerprint density at radius 1 is 0.927 bits per heavy atom. The normalized spacial score (nSPS) is 23.1. The molecule has 220 valence electrons. The summed E-state index contributed by atoms with van der Waals surface area (Å²) in [7, 11) is -3.94. The van der Waals surface area contributed by atoms with Gasteiger partial charge in [0.1, 0.15) is 0 Å². The van der Waals surface area contributed by atoms with Crippen LogP contribution in [-0.4, -0.2) is 74.5 Å². The number of fused-ring (bicyclic) bond motifs is 1. The third-order valence-electron chi connectivity index (χ3n) is 8.77. The first-order chi connectivity index (χ1) is 19.8. The number of carboxylic acids is 1. The van der Waals surface area contributed by atoms with Crippen LogP contribution in [0.4, 0.5) is 11.8 Å². The van der Waals surface area contributed by atoms with E-state index in [0.29, 0.717) is 30.6 Å². The van der Waals surface area contributed by atoms with E-state index in [0.717, 1.165) is 49.7 Å². The second-order valence-electron chi connectivity index (χ2n) is 11.5. The van der Waals surface area contributed by atoms with Crippen LogP contribution < -0.4 is 16.4 Å². The van der Waals surface area contributed by atoms with Crippen LogP contribution in [0.15, 0.2) is 35.5 Å². The highest BCUT2D eigenvalue weighted by molar-refractivity contribution is 7.89. The predicted molar refractivity (Wildman–Crippen MR) is 155 cm³/mol. The van der Waals surface area contributed by atoms with Crippen LogP contribution in [0.5, 0.6) is 0 Å². The summed E-state index contributed by atoms with van der Waals surface area (Å²) < 4.78 is 30.2. The van der Waals surface area contributed by atoms with Gasteiger partial charge in [-0.2, -0.15) is 14.3 Å². The number of nitrogens with two attached hydrogens (primary N) is 1. The van der Waals surface area contributed by atoms with Gasteiger partial charge >= 0.3 is 5.97 Å². The number of aromatic carboxylic acids is 1. The lowest BCUT2D eigenvalue weighted by Crippen LogP contribution is -2.42. The predicted octanol–water partition coefficient (Wildman–Crippen LogP) is 3.59. The highest BCUT2D eigenvalue weighted by Crippen LogP contribution is 2.34. The molecular formula is C28H38N8O4S. The van der Waals surface area contributed by atoms with Crippen molar-refractivity contribution in [3.63, 3.8) is 0 Å². The topological polar surface area (TPSA) is 168 Å². The summed E-state index contributed by atoms with van der Waals surface area (Å²) >= 11 is 0. The third-order valence-corrected chi connectivity index (χ3v) is 10.7. The molecule has 2 saturated carbocycles. The molecule has 3 fully saturated rings. The monoisotopic (exact) mass is 582 g/mol. The molecule has 2 aromatic heterocycles. The van der Waals surface area contributed by atoms with Gasteiger partial charge in [0.2, 0.25) is 16.0 Å². The molecule has 0 radical (unpaired) electrons. The van der Waals surface area contributed by atoms with Gasteiger partial charge in [0, 0.05) is 37.3 Å². The van der Waals surface area contributed by atoms with Gasteiger partial charge in [-0.25, -0.2) is 18.2 Å². The summed E-state index contributed by atoms with van der Waals surface area (Å²) in [5.41, 5.74) is 7.43. The average Bonchev–Trinajstić information content (AvgIpc) is 3.65. The summed E-state index contributed by atoms with van der Waals surface area (Å²) in [6.07, 6.45) is 11.5. The zero-order valence-corrected chi connectivity index (χ0v) is 23.9. The van der Waals surface area contributed by atoms with E-state index in [1.165, 1.54) is 35.3 Å². The van der Waals surface area contributed by atoms with Gasteiger partial charge in [0.05, 0.1) is 16.8 Å². The number of nitrogens with one attached hydrogen (secondary N) is 2. The van der Waals surface area contributed by atoms with Crippen LogP contribution in [0.25, 0.3) is 11.2 Å². The molecule has 0 amide bonds. The molecule has 3 aliphatic rings. The molecule has 6 rings (SSSR count). The maximum atomic E-state index is 13.3. The van der Waals surface area contributed by atoms with Gasteiger partial charge in [0.15, 0.2) is 17.0 Å². The van der Waals surface area contributed by atoms with Crippen LogP contribution in [-0.2, 0) is 10.0 Å². The van der Waals surface area contributed by atoms with E-state index in [9.17, 15) is 18.3 Å². The Balaban J connectivity index is 1.21. The molecule has 0 unspecified atom stereocenters. The van der Waals surface area contributed by atoms with Gasteiger partial charge in [-0.15, -0.1) is 0 Å². The van der Waals surface area contributed by atoms with Crippen LogP contribution >= 0.6 is 0 Å². The van der Waals surface area contributed by atoms with Crippen LogP contribution in [0.2, 0.25) is 0 Å². The van der Waals surface area contributed by atoms with Crippen molar-refractivity contribution in [1.82, 2.24) is 23.8 Å². The Morgan fingerprint density at radius 3 is 2.32 bits per heavy atom. The molecule has 12 nitrogen and oxygen atoms in total. The number of aromatic nitrogens is 4. The number of rotatable bonds is 8. The number of nitrogens with zero attached hydrogens (tertiary/aromatic N) is 5. The highest BCUT2D eigenvalue weighted by atomic mass is 32.2. The fraction of sp³-hybridized carbons (Fsp3) is 0.571. The van der Waals surface area contributed by atoms with Gasteiger partial charge in [-0.05, 0) is 63.5 Å². The molecule has 1 saturated heterocycles. The molecule has 0 bridgehead atoms. The van der Waals surface area contributed by atoms with Crippen molar-refractivity contribution >= 4 is 38.9 Å². The van der Waals surface area contributed by atoms with Gasteiger partial charge < -0.3 is 26.0 Å². The van der Waals surface area contributed by atoms with Crippen molar-refractivity contribution < 1.29 is 18.3 Å². The first-order valence-electron chi connectivity index (χ1n) is 14.7. The summed E-state index contributed by atoms with van der Waals surface area (Å²) in [5.74, 6) is -0.0316. The summed E-state index contributed by atoms with van der Waals surface area (Å²) in [4.78, 5) is 26.0. The minimum Gasteiger partial charge on any atom is -0.478 e. The lowest BCUT2D eigenvalue weighted by molar-refractivity contribution is 0.0692. The molecule has 1 aliphatic heterocycles. The van der Waals surface area contributed by atoms with Crippen molar-refractivity contribution in [3.05, 3.63) is 36.2 Å². The fourth-order valence-electron chi connectivity index (χ4n) is 6.42. The number of hydrogen-bond donors (Lipinski definition) is 4. The maximum absolute atomic E-state index is 13.3. The molecule has 3 heterocycles. The zero-order chi connectivity index (χ0) is 28.6. The Kier molecular flexibility index (Phi) is 7.84. The number of hydrogen-bond acceptors (Lipinski definition) is 9. The van der Waals surface area contributed by atoms with Gasteiger partial charge in [-0.1, -0.05) is 25.0 Å². The minimum absolute atomic E-state index is 0.0218. The Bertz CT molecular complexity index is 1500. The van der Waals surface area contributed by atoms with Gasteiger partial charge in [-0.3, -0.25) is 0 Å². The molecular weight excluding hydrogens is 544 g/mol. The number of anilines is 2. The first kappa shape index (κ1) is 27.9. The lowest BCUT2D eigenvalue weighted by atomic mass is 9.92. The quantitative estimate of drug-likeness (QED) is 0.308. The van der Waals surface area contributed by atoms with E-state index in [2.05, 4.69) is 15.2 Å². The maximum Gasteiger partial charge on any atom is 0.337 e. The zero-order valence-electron chi connectivity index (χ0n) is 23.1.